The highest BCUT2D eigenvalue weighted by Gasteiger charge is 2.17. The number of methoxy groups -OCH3 is 1. The number of hydrogen-bond donors (Lipinski definition) is 1. The van der Waals surface area contributed by atoms with Gasteiger partial charge in [0.25, 0.3) is 0 Å². The van der Waals surface area contributed by atoms with Crippen LogP contribution in [0.5, 0.6) is 11.5 Å². The molecule has 1 aromatic heterocycles. The van der Waals surface area contributed by atoms with Gasteiger partial charge in [0.05, 0.1) is 31.5 Å². The molecule has 0 unspecified atom stereocenters. The molecule has 0 atom stereocenters. The molecule has 0 aliphatic heterocycles. The normalized spacial score (nSPS) is 10.5. The van der Waals surface area contributed by atoms with Crippen molar-refractivity contribution >= 4 is 28.2 Å². The number of carbonyl (C=O) groups is 1. The molecule has 0 saturated carbocycles. The molecule has 0 bridgehead atoms. The lowest BCUT2D eigenvalue weighted by atomic mass is 10.1. The summed E-state index contributed by atoms with van der Waals surface area (Å²) in [6.07, 6.45) is 1.53. The van der Waals surface area contributed by atoms with E-state index in [1.807, 2.05) is 49.4 Å². The average Bonchev–Trinajstić information content (AvgIpc) is 2.69. The predicted molar refractivity (Wildman–Crippen MR) is 105 cm³/mol. The molecule has 0 saturated heterocycles. The Balaban J connectivity index is 2.08. The zero-order valence-electron chi connectivity index (χ0n) is 15.6. The second kappa shape index (κ2) is 8.40. The van der Waals surface area contributed by atoms with Gasteiger partial charge in [0.15, 0.2) is 0 Å². The largest absolute Gasteiger partial charge is 0.497 e. The van der Waals surface area contributed by atoms with Crippen molar-refractivity contribution in [3.8, 4) is 11.5 Å². The molecule has 0 radical (unpaired) electrons. The third-order valence-electron chi connectivity index (χ3n) is 4.01. The second-order valence-electron chi connectivity index (χ2n) is 5.73. The number of fused-ring (bicyclic) bond motifs is 1. The van der Waals surface area contributed by atoms with Crippen molar-refractivity contribution in [3.05, 3.63) is 54.2 Å². The Hall–Kier alpha value is -3.28. The Kier molecular flexibility index (Phi) is 5.76. The Morgan fingerprint density at radius 3 is 2.44 bits per heavy atom. The van der Waals surface area contributed by atoms with Crippen LogP contribution >= 0.6 is 0 Å². The summed E-state index contributed by atoms with van der Waals surface area (Å²) in [7, 11) is 1.60. The summed E-state index contributed by atoms with van der Waals surface area (Å²) in [5, 5.41) is 4.10. The van der Waals surface area contributed by atoms with Gasteiger partial charge in [-0.3, -0.25) is 4.98 Å². The molecule has 1 heterocycles. The summed E-state index contributed by atoms with van der Waals surface area (Å²) >= 11 is 0. The van der Waals surface area contributed by atoms with Crippen LogP contribution in [0.15, 0.2) is 48.7 Å². The summed E-state index contributed by atoms with van der Waals surface area (Å²) in [6.45, 7) is 4.61. The summed E-state index contributed by atoms with van der Waals surface area (Å²) in [5.41, 5.74) is 2.56. The van der Waals surface area contributed by atoms with Crippen molar-refractivity contribution in [2.24, 2.45) is 0 Å². The number of esters is 1. The molecular formula is C21H22N2O4. The van der Waals surface area contributed by atoms with Crippen LogP contribution in [-0.4, -0.2) is 31.3 Å². The first-order valence-corrected chi connectivity index (χ1v) is 8.80. The zero-order valence-corrected chi connectivity index (χ0v) is 15.6. The van der Waals surface area contributed by atoms with Crippen molar-refractivity contribution in [2.45, 2.75) is 13.8 Å². The fourth-order valence-electron chi connectivity index (χ4n) is 2.74. The highest BCUT2D eigenvalue weighted by molar-refractivity contribution is 6.06. The minimum atomic E-state index is -0.428. The number of aromatic nitrogens is 1. The second-order valence-corrected chi connectivity index (χ2v) is 5.73. The van der Waals surface area contributed by atoms with Gasteiger partial charge in [-0.05, 0) is 56.3 Å². The molecule has 0 aliphatic rings. The van der Waals surface area contributed by atoms with Crippen LogP contribution in [0.2, 0.25) is 0 Å². The number of anilines is 2. The maximum absolute atomic E-state index is 12.4. The molecule has 2 aromatic carbocycles. The van der Waals surface area contributed by atoms with Crippen molar-refractivity contribution in [3.63, 3.8) is 0 Å². The van der Waals surface area contributed by atoms with E-state index in [0.29, 0.717) is 23.6 Å². The van der Waals surface area contributed by atoms with E-state index >= 15 is 0 Å². The number of ether oxygens (including phenoxy) is 3. The van der Waals surface area contributed by atoms with Crippen molar-refractivity contribution in [1.29, 1.82) is 0 Å². The van der Waals surface area contributed by atoms with Gasteiger partial charge in [-0.1, -0.05) is 0 Å². The number of hydrogen-bond acceptors (Lipinski definition) is 6. The Morgan fingerprint density at radius 2 is 1.78 bits per heavy atom. The monoisotopic (exact) mass is 366 g/mol. The van der Waals surface area contributed by atoms with Gasteiger partial charge in [0, 0.05) is 17.3 Å². The molecule has 140 valence electrons. The highest BCUT2D eigenvalue weighted by Crippen LogP contribution is 2.32. The maximum atomic E-state index is 12.4. The van der Waals surface area contributed by atoms with Gasteiger partial charge in [-0.2, -0.15) is 0 Å². The Bertz CT molecular complexity index is 939. The lowest BCUT2D eigenvalue weighted by Crippen LogP contribution is -2.09. The molecule has 3 aromatic rings. The van der Waals surface area contributed by atoms with E-state index < -0.39 is 5.97 Å². The quantitative estimate of drug-likeness (QED) is 0.618. The number of nitrogens with one attached hydrogen (secondary N) is 1. The first-order valence-electron chi connectivity index (χ1n) is 8.80. The number of nitrogens with zero attached hydrogens (tertiary/aromatic N) is 1. The molecule has 0 aliphatic carbocycles. The first-order chi connectivity index (χ1) is 13.2. The van der Waals surface area contributed by atoms with Gasteiger partial charge in [-0.25, -0.2) is 4.79 Å². The van der Waals surface area contributed by atoms with Crippen molar-refractivity contribution in [2.75, 3.05) is 25.6 Å². The van der Waals surface area contributed by atoms with Crippen molar-refractivity contribution in [1.82, 2.24) is 4.98 Å². The molecule has 0 spiro atoms. The molecule has 3 rings (SSSR count). The minimum absolute atomic E-state index is 0.289. The van der Waals surface area contributed by atoms with Gasteiger partial charge in [0.2, 0.25) is 0 Å². The van der Waals surface area contributed by atoms with E-state index in [9.17, 15) is 4.79 Å². The molecule has 0 fully saturated rings. The van der Waals surface area contributed by atoms with E-state index in [-0.39, 0.29) is 6.61 Å². The lowest BCUT2D eigenvalue weighted by Gasteiger charge is -2.15. The van der Waals surface area contributed by atoms with Gasteiger partial charge < -0.3 is 19.5 Å². The standard InChI is InChI=1S/C21H22N2O4/c1-4-26-15-8-6-14(7-9-15)23-20-17-12-16(25-3)10-11-19(17)22-13-18(20)21(24)27-5-2/h6-13H,4-5H2,1-3H3,(H,22,23). The molecule has 0 amide bonds. The first kappa shape index (κ1) is 18.5. The molecule has 6 heteroatoms. The summed E-state index contributed by atoms with van der Waals surface area (Å²) in [5.74, 6) is 1.04. The van der Waals surface area contributed by atoms with Crippen LogP contribution in [-0.2, 0) is 4.74 Å². The predicted octanol–water partition coefficient (Wildman–Crippen LogP) is 4.56. The van der Waals surface area contributed by atoms with Crippen LogP contribution in [0.25, 0.3) is 10.9 Å². The van der Waals surface area contributed by atoms with E-state index in [1.54, 1.807) is 14.0 Å². The van der Waals surface area contributed by atoms with Crippen LogP contribution in [0.3, 0.4) is 0 Å². The Labute approximate surface area is 158 Å². The molecular weight excluding hydrogens is 344 g/mol. The SMILES string of the molecule is CCOC(=O)c1cnc2ccc(OC)cc2c1Nc1ccc(OCC)cc1. The molecule has 1 N–H and O–H groups in total. The highest BCUT2D eigenvalue weighted by atomic mass is 16.5. The topological polar surface area (TPSA) is 69.7 Å². The lowest BCUT2D eigenvalue weighted by molar-refractivity contribution is 0.0527. The van der Waals surface area contributed by atoms with Gasteiger partial charge in [0.1, 0.15) is 17.1 Å². The van der Waals surface area contributed by atoms with Crippen LogP contribution in [0, 0.1) is 0 Å². The van der Waals surface area contributed by atoms with E-state index in [4.69, 9.17) is 14.2 Å². The Morgan fingerprint density at radius 1 is 1.04 bits per heavy atom. The maximum Gasteiger partial charge on any atom is 0.341 e. The number of carbonyl (C=O) groups excluding carboxylic acids is 1. The van der Waals surface area contributed by atoms with E-state index in [0.717, 1.165) is 22.3 Å². The summed E-state index contributed by atoms with van der Waals surface area (Å²) < 4.78 is 16.0. The smallest absolute Gasteiger partial charge is 0.341 e. The number of pyridine rings is 1. The summed E-state index contributed by atoms with van der Waals surface area (Å²) in [4.78, 5) is 16.8. The summed E-state index contributed by atoms with van der Waals surface area (Å²) in [6, 6.07) is 13.1. The van der Waals surface area contributed by atoms with Gasteiger partial charge in [-0.15, -0.1) is 0 Å². The fraction of sp³-hybridized carbons (Fsp3) is 0.238. The third kappa shape index (κ3) is 4.11. The van der Waals surface area contributed by atoms with E-state index in [1.165, 1.54) is 6.20 Å². The fourth-order valence-corrected chi connectivity index (χ4v) is 2.74. The average molecular weight is 366 g/mol. The van der Waals surface area contributed by atoms with E-state index in [2.05, 4.69) is 10.3 Å². The minimum Gasteiger partial charge on any atom is -0.497 e. The van der Waals surface area contributed by atoms with Crippen LogP contribution < -0.4 is 14.8 Å². The van der Waals surface area contributed by atoms with Crippen molar-refractivity contribution < 1.29 is 19.0 Å². The zero-order chi connectivity index (χ0) is 19.2. The van der Waals surface area contributed by atoms with Crippen LogP contribution in [0.1, 0.15) is 24.2 Å². The third-order valence-corrected chi connectivity index (χ3v) is 4.01. The van der Waals surface area contributed by atoms with Gasteiger partial charge >= 0.3 is 5.97 Å². The number of benzene rings is 2. The molecule has 27 heavy (non-hydrogen) atoms. The molecule has 6 nitrogen and oxygen atoms in total. The number of rotatable bonds is 7. The van der Waals surface area contributed by atoms with Crippen LogP contribution in [0.4, 0.5) is 11.4 Å².